The highest BCUT2D eigenvalue weighted by molar-refractivity contribution is 6.67. The SMILES string of the molecule is C=CNC(=CC(=N)Cl)C(=O)OCC. The summed E-state index contributed by atoms with van der Waals surface area (Å²) in [5.74, 6) is -0.562. The Bertz CT molecular complexity index is 249. The Morgan fingerprint density at radius 1 is 1.77 bits per heavy atom. The Labute approximate surface area is 81.7 Å². The molecule has 0 saturated carbocycles. The molecule has 0 saturated heterocycles. The van der Waals surface area contributed by atoms with Gasteiger partial charge < -0.3 is 10.1 Å². The van der Waals surface area contributed by atoms with E-state index in [1.165, 1.54) is 6.20 Å². The monoisotopic (exact) mass is 202 g/mol. The van der Waals surface area contributed by atoms with Crippen LogP contribution in [0.5, 0.6) is 0 Å². The molecular formula is C8H11ClN2O2. The van der Waals surface area contributed by atoms with Gasteiger partial charge in [0.25, 0.3) is 0 Å². The summed E-state index contributed by atoms with van der Waals surface area (Å²) in [7, 11) is 0. The van der Waals surface area contributed by atoms with Crippen LogP contribution >= 0.6 is 11.6 Å². The molecule has 0 radical (unpaired) electrons. The number of nitrogens with one attached hydrogen (secondary N) is 2. The van der Waals surface area contributed by atoms with Crippen molar-refractivity contribution in [2.75, 3.05) is 6.61 Å². The van der Waals surface area contributed by atoms with Crippen LogP contribution < -0.4 is 5.32 Å². The fourth-order valence-corrected chi connectivity index (χ4v) is 0.714. The fourth-order valence-electron chi connectivity index (χ4n) is 0.605. The van der Waals surface area contributed by atoms with Crippen molar-refractivity contribution in [3.05, 3.63) is 24.6 Å². The molecule has 13 heavy (non-hydrogen) atoms. The quantitative estimate of drug-likeness (QED) is 0.402. The minimum Gasteiger partial charge on any atom is -0.461 e. The molecule has 0 aliphatic rings. The van der Waals surface area contributed by atoms with E-state index in [9.17, 15) is 4.79 Å². The third-order valence-corrected chi connectivity index (χ3v) is 1.13. The van der Waals surface area contributed by atoms with E-state index in [1.54, 1.807) is 6.92 Å². The lowest BCUT2D eigenvalue weighted by Gasteiger charge is -2.05. The first-order valence-corrected chi connectivity index (χ1v) is 4.00. The van der Waals surface area contributed by atoms with Gasteiger partial charge in [-0.05, 0) is 13.1 Å². The van der Waals surface area contributed by atoms with Gasteiger partial charge in [0, 0.05) is 6.08 Å². The number of ether oxygens (including phenoxy) is 1. The molecule has 72 valence electrons. The molecule has 0 amide bonds. The van der Waals surface area contributed by atoms with Gasteiger partial charge in [0.15, 0.2) is 0 Å². The molecule has 2 N–H and O–H groups in total. The van der Waals surface area contributed by atoms with E-state index in [0.717, 1.165) is 6.08 Å². The van der Waals surface area contributed by atoms with Crippen LogP contribution in [-0.4, -0.2) is 17.7 Å². The molecule has 0 heterocycles. The molecule has 0 atom stereocenters. The summed E-state index contributed by atoms with van der Waals surface area (Å²) in [4.78, 5) is 11.1. The zero-order chi connectivity index (χ0) is 10.3. The van der Waals surface area contributed by atoms with Gasteiger partial charge in [-0.2, -0.15) is 0 Å². The first kappa shape index (κ1) is 11.7. The van der Waals surface area contributed by atoms with E-state index in [4.69, 9.17) is 17.0 Å². The maximum absolute atomic E-state index is 11.1. The standard InChI is InChI=1S/C8H11ClN2O2/c1-3-11-6(5-7(9)10)8(12)13-4-2/h3,5,10-11H,1,4H2,2H3. The zero-order valence-electron chi connectivity index (χ0n) is 7.26. The summed E-state index contributed by atoms with van der Waals surface area (Å²) >= 11 is 5.28. The largest absolute Gasteiger partial charge is 0.461 e. The van der Waals surface area contributed by atoms with Crippen molar-refractivity contribution < 1.29 is 9.53 Å². The van der Waals surface area contributed by atoms with Crippen molar-refractivity contribution in [1.82, 2.24) is 5.32 Å². The first-order valence-electron chi connectivity index (χ1n) is 3.62. The summed E-state index contributed by atoms with van der Waals surface area (Å²) in [6.07, 6.45) is 2.46. The van der Waals surface area contributed by atoms with Crippen LogP contribution in [0.25, 0.3) is 0 Å². The van der Waals surface area contributed by atoms with Crippen LogP contribution in [0, 0.1) is 5.41 Å². The van der Waals surface area contributed by atoms with Crippen LogP contribution in [-0.2, 0) is 9.53 Å². The lowest BCUT2D eigenvalue weighted by molar-refractivity contribution is -0.138. The van der Waals surface area contributed by atoms with Gasteiger partial charge >= 0.3 is 5.97 Å². The van der Waals surface area contributed by atoms with Gasteiger partial charge in [0.2, 0.25) is 0 Å². The predicted octanol–water partition coefficient (Wildman–Crippen LogP) is 1.38. The van der Waals surface area contributed by atoms with Gasteiger partial charge in [0.1, 0.15) is 10.9 Å². The second-order valence-corrected chi connectivity index (χ2v) is 2.38. The van der Waals surface area contributed by atoms with Crippen LogP contribution in [0.4, 0.5) is 0 Å². The number of allylic oxidation sites excluding steroid dienone is 1. The molecule has 4 nitrogen and oxygen atoms in total. The summed E-state index contributed by atoms with van der Waals surface area (Å²) in [6, 6.07) is 0. The molecule has 0 aliphatic heterocycles. The van der Waals surface area contributed by atoms with Gasteiger partial charge in [-0.3, -0.25) is 5.41 Å². The Hall–Kier alpha value is -1.29. The second-order valence-electron chi connectivity index (χ2n) is 1.97. The molecule has 0 aromatic rings. The van der Waals surface area contributed by atoms with Crippen LogP contribution in [0.1, 0.15) is 6.92 Å². The predicted molar refractivity (Wildman–Crippen MR) is 51.6 cm³/mol. The molecule has 0 fully saturated rings. The lowest BCUT2D eigenvalue weighted by atomic mass is 10.4. The van der Waals surface area contributed by atoms with Crippen molar-refractivity contribution in [3.8, 4) is 0 Å². The number of hydrogen-bond donors (Lipinski definition) is 2. The molecular weight excluding hydrogens is 192 g/mol. The number of carbonyl (C=O) groups is 1. The molecule has 5 heteroatoms. The van der Waals surface area contributed by atoms with Crippen molar-refractivity contribution in [2.24, 2.45) is 0 Å². The lowest BCUT2D eigenvalue weighted by Crippen LogP contribution is -2.18. The van der Waals surface area contributed by atoms with Crippen molar-refractivity contribution in [1.29, 1.82) is 5.41 Å². The van der Waals surface area contributed by atoms with E-state index < -0.39 is 5.97 Å². The topological polar surface area (TPSA) is 62.2 Å². The average Bonchev–Trinajstić information content (AvgIpc) is 2.03. The van der Waals surface area contributed by atoms with Gasteiger partial charge in [-0.25, -0.2) is 4.79 Å². The van der Waals surface area contributed by atoms with E-state index in [1.807, 2.05) is 0 Å². The van der Waals surface area contributed by atoms with Crippen molar-refractivity contribution in [2.45, 2.75) is 6.92 Å². The van der Waals surface area contributed by atoms with Gasteiger partial charge in [-0.15, -0.1) is 0 Å². The van der Waals surface area contributed by atoms with Gasteiger partial charge in [-0.1, -0.05) is 18.2 Å². The molecule has 0 rings (SSSR count). The molecule has 0 aliphatic carbocycles. The number of carbonyl (C=O) groups excluding carboxylic acids is 1. The highest BCUT2D eigenvalue weighted by atomic mass is 35.5. The van der Waals surface area contributed by atoms with Crippen LogP contribution in [0.15, 0.2) is 24.6 Å². The van der Waals surface area contributed by atoms with E-state index in [2.05, 4.69) is 16.6 Å². The summed E-state index contributed by atoms with van der Waals surface area (Å²) < 4.78 is 4.68. The highest BCUT2D eigenvalue weighted by Crippen LogP contribution is 1.96. The Morgan fingerprint density at radius 3 is 2.77 bits per heavy atom. The average molecular weight is 203 g/mol. The van der Waals surface area contributed by atoms with Crippen molar-refractivity contribution in [3.63, 3.8) is 0 Å². The third-order valence-electron chi connectivity index (χ3n) is 1.02. The first-order chi connectivity index (χ1) is 6.11. The number of hydrogen-bond acceptors (Lipinski definition) is 4. The molecule has 0 aromatic heterocycles. The minimum absolute atomic E-state index is 0.0943. The molecule has 0 spiro atoms. The number of esters is 1. The van der Waals surface area contributed by atoms with E-state index >= 15 is 0 Å². The molecule has 0 bridgehead atoms. The normalized spacial score (nSPS) is 10.5. The van der Waals surface area contributed by atoms with Gasteiger partial charge in [0.05, 0.1) is 6.61 Å². The van der Waals surface area contributed by atoms with Crippen LogP contribution in [0.3, 0.4) is 0 Å². The third kappa shape index (κ3) is 5.03. The van der Waals surface area contributed by atoms with Crippen molar-refractivity contribution >= 4 is 22.7 Å². The van der Waals surface area contributed by atoms with E-state index in [-0.39, 0.29) is 17.5 Å². The summed E-state index contributed by atoms with van der Waals surface area (Å²) in [5, 5.41) is 9.21. The Balaban J connectivity index is 4.49. The second kappa shape index (κ2) is 6.25. The fraction of sp³-hybridized carbons (Fsp3) is 0.250. The van der Waals surface area contributed by atoms with Crippen LogP contribution in [0.2, 0.25) is 0 Å². The maximum atomic E-state index is 11.1. The maximum Gasteiger partial charge on any atom is 0.354 e. The smallest absolute Gasteiger partial charge is 0.354 e. The molecule has 0 aromatic carbocycles. The highest BCUT2D eigenvalue weighted by Gasteiger charge is 2.08. The minimum atomic E-state index is -0.562. The zero-order valence-corrected chi connectivity index (χ0v) is 8.02. The Morgan fingerprint density at radius 2 is 2.38 bits per heavy atom. The summed E-state index contributed by atoms with van der Waals surface area (Å²) in [6.45, 7) is 5.34. The number of rotatable bonds is 5. The number of halogens is 1. The van der Waals surface area contributed by atoms with E-state index in [0.29, 0.717) is 0 Å². The molecule has 0 unspecified atom stereocenters. The Kier molecular flexibility index (Phi) is 5.63. The summed E-state index contributed by atoms with van der Waals surface area (Å²) in [5.41, 5.74) is 0.0943.